The molecule has 0 amide bonds. The van der Waals surface area contributed by atoms with Crippen LogP contribution in [0.2, 0.25) is 0 Å². The zero-order valence-electron chi connectivity index (χ0n) is 74.1. The zero-order chi connectivity index (χ0) is 105. The molecule has 1 saturated carbocycles. The summed E-state index contributed by atoms with van der Waals surface area (Å²) < 4.78 is 23.2. The van der Waals surface area contributed by atoms with Gasteiger partial charge in [0, 0.05) is 79.2 Å². The molecule has 141 heavy (non-hydrogen) atoms. The molecule has 0 saturated heterocycles. The number of aromatic hydroxyl groups is 12. The van der Waals surface area contributed by atoms with Gasteiger partial charge in [0.05, 0.1) is 20.3 Å². The molecule has 0 bridgehead atoms. The molecular weight excluding hydrogens is 1850 g/mol. The molecule has 1 fully saturated rings. The van der Waals surface area contributed by atoms with Crippen molar-refractivity contribution in [1.29, 1.82) is 0 Å². The molecule has 0 aromatic heterocycles. The molecule has 0 heterocycles. The number of rotatable bonds is 26. The van der Waals surface area contributed by atoms with Gasteiger partial charge in [-0.25, -0.2) is 57.5 Å². The van der Waals surface area contributed by atoms with Crippen molar-refractivity contribution in [3.05, 3.63) is 341 Å². The van der Waals surface area contributed by atoms with Gasteiger partial charge >= 0.3 is 71.6 Å². The number of phenols is 12. The van der Waals surface area contributed by atoms with E-state index in [1.54, 1.807) is 60.7 Å². The Morgan fingerprint density at radius 2 is 0.638 bits per heavy atom. The van der Waals surface area contributed by atoms with Gasteiger partial charge in [-0.05, 0) is 190 Å². The molecule has 6 atom stereocenters. The van der Waals surface area contributed by atoms with E-state index in [9.17, 15) is 93.3 Å². The monoisotopic (exact) mass is 1950 g/mol. The topological polar surface area (TPSA) is 716 Å². The van der Waals surface area contributed by atoms with Gasteiger partial charge in [-0.3, -0.25) is 0 Å². The van der Waals surface area contributed by atoms with E-state index in [0.29, 0.717) is 22.3 Å². The first-order valence-electron chi connectivity index (χ1n) is 40.3. The summed E-state index contributed by atoms with van der Waals surface area (Å²) in [6.45, 7) is 0.193. The number of carbonyl (C=O) groups excluding carboxylic acids is 5. The fourth-order valence-corrected chi connectivity index (χ4v) is 10.2. The number of aliphatic carboxylic acids is 7. The van der Waals surface area contributed by atoms with Crippen LogP contribution >= 0.6 is 0 Å². The Morgan fingerprint density at radius 3 is 0.979 bits per heavy atom. The predicted molar refractivity (Wildman–Crippen MR) is 505 cm³/mol. The van der Waals surface area contributed by atoms with Crippen LogP contribution in [0.3, 0.4) is 0 Å². The van der Waals surface area contributed by atoms with Crippen LogP contribution in [0.1, 0.15) is 68.5 Å². The number of ether oxygens (including phenoxy) is 5. The van der Waals surface area contributed by atoms with E-state index < -0.39 is 120 Å². The number of aliphatic hydroxyl groups excluding tert-OH is 3. The first-order chi connectivity index (χ1) is 66.7. The summed E-state index contributed by atoms with van der Waals surface area (Å²) in [4.78, 5) is 129. The van der Waals surface area contributed by atoms with E-state index in [1.165, 1.54) is 142 Å². The summed E-state index contributed by atoms with van der Waals surface area (Å²) in [7, 11) is 2.64. The lowest BCUT2D eigenvalue weighted by atomic mass is 9.79. The molecule has 10 aromatic carbocycles. The molecule has 0 spiro atoms. The van der Waals surface area contributed by atoms with Crippen molar-refractivity contribution in [1.82, 2.24) is 0 Å². The summed E-state index contributed by atoms with van der Waals surface area (Å²) in [5.74, 6) is -15.0. The first kappa shape index (κ1) is 116. The van der Waals surface area contributed by atoms with Gasteiger partial charge in [0.15, 0.2) is 57.7 Å². The number of hydrogen-bond acceptors (Lipinski definition) is 33. The highest BCUT2D eigenvalue weighted by molar-refractivity contribution is 5.93. The highest BCUT2D eigenvalue weighted by Crippen LogP contribution is 2.33. The van der Waals surface area contributed by atoms with E-state index in [1.807, 2.05) is 91.0 Å². The third-order valence-corrected chi connectivity index (χ3v) is 17.3. The molecule has 11 rings (SSSR count). The zero-order valence-corrected chi connectivity index (χ0v) is 74.1. The molecule has 0 unspecified atom stereocenters. The number of phenolic OH excluding ortho intramolecular Hbond substituents is 12. The Morgan fingerprint density at radius 1 is 0.326 bits per heavy atom. The van der Waals surface area contributed by atoms with Crippen LogP contribution in [0.4, 0.5) is 0 Å². The standard InChI is InChI=1S/C16H18O9.C16H14O3.C13H12O9.C10H10O4.C10H10O2.2C9H8O4.C9H8O3.C9H8O2/c17-9-3-1-8(5-10(9)18)2-4-13(20)25-12-7-16(24,15(22)23)6-11(19)14(12)21;17-15-9-6-14(7-10-15)12-19-16(18)11-8-13-4-2-1-3-5-13;14-7-3-1-6(5-8(7)15)2-4-9(16)22-11(13(20)21)10(17)12(18)19;1-14-10(13)5-3-7-2-4-8(11)9(12)6-7;1-12-10(11)8-7-9-5-3-2-4-6-9;10-7-3-1-6(8(11)5-7)2-4-9(12)13;10-7-3-1-6(5-8(7)11)2-4-9(12)13;10-8-4-1-7(2-5-8)3-6-9(11)12;10-9(11)7-6-8-4-2-1-3-5-8/h1-5,11-12,14,17-19,21,24H,6-7H2,(H,22,23);1-11,17H,12H2;1-5,10-11,14-15,17H,(H,18,19)(H,20,21);2-6,11-12H,1H3;2-8H,1H3;2*1-5,10-11H,(H,12,13);1-6,10H,(H,11,12);1-7H,(H,10,11)/b4-2+;11-8+;4-2+;5-3+;8-7+;2*4-2+;6-3+;7-6+/t11-,12-,14-,16+;;10-,11-;;;;;;/m1.1....../s1. The van der Waals surface area contributed by atoms with E-state index in [-0.39, 0.29) is 81.4 Å². The van der Waals surface area contributed by atoms with Gasteiger partial charge < -0.3 is 141 Å². The molecule has 10 aromatic rings. The maximum absolute atomic E-state index is 11.8. The van der Waals surface area contributed by atoms with Gasteiger partial charge in [-0.1, -0.05) is 140 Å². The Hall–Kier alpha value is -19.1. The summed E-state index contributed by atoms with van der Waals surface area (Å²) in [5.41, 5.74) is 4.23. The Bertz CT molecular complexity index is 6100. The van der Waals surface area contributed by atoms with Crippen LogP contribution in [-0.4, -0.2) is 239 Å². The maximum Gasteiger partial charge on any atom is 0.348 e. The van der Waals surface area contributed by atoms with Gasteiger partial charge in [-0.15, -0.1) is 0 Å². The smallest absolute Gasteiger partial charge is 0.348 e. The SMILES string of the molecule is COC(=O)/C=C/c1ccc(O)c(O)c1.COC(=O)/C=C/c1ccccc1.O=C(/C=C/c1ccc(O)c(O)c1)O[C@@H](C(=O)O)[C@@H](O)C(=O)O.O=C(/C=C/c1ccc(O)c(O)c1)O[C@@H]1C[C@](O)(C(=O)O)C[C@@H](O)[C@H]1O.O=C(/C=C/c1ccccc1)OCc1ccc(O)cc1.O=C(O)/C=C/c1ccc(O)c(O)c1.O=C(O)/C=C/c1ccc(O)cc1.O=C(O)/C=C/c1ccc(O)cc1O.O=C(O)/C=C/c1ccccc1. The average Bonchev–Trinajstić information content (AvgIpc) is 0.791. The largest absolute Gasteiger partial charge is 0.508 e. The molecule has 23 N–H and O–H groups in total. The lowest BCUT2D eigenvalue weighted by Gasteiger charge is -2.39. The summed E-state index contributed by atoms with van der Waals surface area (Å²) >= 11 is 0. The first-order valence-corrected chi connectivity index (χ1v) is 40.3. The minimum atomic E-state index is -2.41. The van der Waals surface area contributed by atoms with Crippen LogP contribution in [0.25, 0.3) is 54.7 Å². The van der Waals surface area contributed by atoms with Crippen LogP contribution in [-0.2, 0) is 87.8 Å². The molecular formula is C101H96O40. The van der Waals surface area contributed by atoms with Crippen LogP contribution in [0.5, 0.6) is 69.0 Å². The minimum absolute atomic E-state index is 0.0648. The number of carbonyl (C=O) groups is 12. The Kier molecular flexibility index (Phi) is 50.8. The van der Waals surface area contributed by atoms with E-state index >= 15 is 0 Å². The number of methoxy groups -OCH3 is 2. The number of aliphatic hydroxyl groups is 4. The van der Waals surface area contributed by atoms with Crippen molar-refractivity contribution >= 4 is 126 Å². The lowest BCUT2D eigenvalue weighted by molar-refractivity contribution is -0.196. The molecule has 740 valence electrons. The van der Waals surface area contributed by atoms with Gasteiger partial charge in [-0.2, -0.15) is 0 Å². The lowest BCUT2D eigenvalue weighted by Crippen LogP contribution is -2.57. The Balaban J connectivity index is 0.000000414. The fraction of sp³-hybridized carbons (Fsp3) is 0.109. The molecule has 0 radical (unpaired) electrons. The van der Waals surface area contributed by atoms with Gasteiger partial charge in [0.1, 0.15) is 41.8 Å². The molecule has 40 nitrogen and oxygen atoms in total. The number of hydrogen-bond donors (Lipinski definition) is 23. The number of carboxylic acid groups (broad SMARTS) is 7. The highest BCUT2D eigenvalue weighted by atomic mass is 16.6. The van der Waals surface area contributed by atoms with E-state index in [4.69, 9.17) is 91.2 Å². The van der Waals surface area contributed by atoms with Crippen molar-refractivity contribution in [3.63, 3.8) is 0 Å². The minimum Gasteiger partial charge on any atom is -0.508 e. The number of benzene rings is 10. The summed E-state index contributed by atoms with van der Waals surface area (Å²) in [6, 6.07) is 60.9. The van der Waals surface area contributed by atoms with Crippen molar-refractivity contribution in [2.45, 2.75) is 55.6 Å². The number of carboxylic acids is 7. The van der Waals surface area contributed by atoms with Crippen molar-refractivity contribution in [3.8, 4) is 69.0 Å². The molecule has 1 aliphatic rings. The fourth-order valence-electron chi connectivity index (χ4n) is 10.2. The molecule has 40 heteroatoms. The predicted octanol–water partition coefficient (Wildman–Crippen LogP) is 10.9. The summed E-state index contributed by atoms with van der Waals surface area (Å²) in [5, 5.41) is 207. The Labute approximate surface area is 801 Å². The van der Waals surface area contributed by atoms with Gasteiger partial charge in [0.25, 0.3) is 0 Å². The van der Waals surface area contributed by atoms with Crippen LogP contribution in [0.15, 0.2) is 285 Å². The second kappa shape index (κ2) is 61.7. The second-order valence-corrected chi connectivity index (χ2v) is 28.0. The third kappa shape index (κ3) is 48.4. The summed E-state index contributed by atoms with van der Waals surface area (Å²) in [6.07, 6.45) is 12.3. The van der Waals surface area contributed by atoms with Crippen molar-refractivity contribution in [2.24, 2.45) is 0 Å². The second-order valence-electron chi connectivity index (χ2n) is 28.0. The van der Waals surface area contributed by atoms with Crippen LogP contribution < -0.4 is 0 Å². The maximum atomic E-state index is 11.8. The quantitative estimate of drug-likeness (QED) is 0.0104. The van der Waals surface area contributed by atoms with Crippen molar-refractivity contribution < 1.29 is 199 Å². The van der Waals surface area contributed by atoms with Crippen LogP contribution in [0, 0.1) is 0 Å². The third-order valence-electron chi connectivity index (χ3n) is 17.3. The normalized spacial score (nSPS) is 14.2. The van der Waals surface area contributed by atoms with E-state index in [2.05, 4.69) is 14.2 Å². The van der Waals surface area contributed by atoms with Gasteiger partial charge in [0.2, 0.25) is 6.10 Å². The number of esters is 5. The highest BCUT2D eigenvalue weighted by Gasteiger charge is 2.50. The molecule has 0 aliphatic heterocycles. The average molecular weight is 1950 g/mol. The van der Waals surface area contributed by atoms with Crippen molar-refractivity contribution in [2.75, 3.05) is 14.2 Å². The molecule has 1 aliphatic carbocycles. The van der Waals surface area contributed by atoms with E-state index in [0.717, 1.165) is 88.5 Å².